The first-order valence-corrected chi connectivity index (χ1v) is 6.35. The lowest BCUT2D eigenvalue weighted by atomic mass is 10.3. The van der Waals surface area contributed by atoms with Crippen molar-refractivity contribution < 1.29 is 9.84 Å². The molecule has 0 aliphatic carbocycles. The molecular weight excluding hydrogens is 238 g/mol. The van der Waals surface area contributed by atoms with E-state index >= 15 is 0 Å². The van der Waals surface area contributed by atoms with Crippen LogP contribution >= 0.6 is 11.6 Å². The molecule has 1 rings (SSSR count). The molecule has 0 aromatic heterocycles. The Labute approximate surface area is 108 Å². The van der Waals surface area contributed by atoms with Crippen molar-refractivity contribution in [1.29, 1.82) is 0 Å². The number of halogens is 1. The maximum atomic E-state index is 8.91. The largest absolute Gasteiger partial charge is 0.492 e. The van der Waals surface area contributed by atoms with Gasteiger partial charge in [-0.3, -0.25) is 4.90 Å². The molecule has 0 atom stereocenters. The van der Waals surface area contributed by atoms with Gasteiger partial charge in [0, 0.05) is 18.1 Å². The summed E-state index contributed by atoms with van der Waals surface area (Å²) in [6, 6.07) is 7.35. The highest BCUT2D eigenvalue weighted by Gasteiger charge is 2.03. The summed E-state index contributed by atoms with van der Waals surface area (Å²) in [5, 5.41) is 9.63. The first kappa shape index (κ1) is 14.3. The highest BCUT2D eigenvalue weighted by atomic mass is 35.5. The predicted molar refractivity (Wildman–Crippen MR) is 70.8 cm³/mol. The van der Waals surface area contributed by atoms with Gasteiger partial charge >= 0.3 is 0 Å². The van der Waals surface area contributed by atoms with Crippen LogP contribution in [0.2, 0.25) is 5.02 Å². The molecule has 0 bridgehead atoms. The van der Waals surface area contributed by atoms with Crippen LogP contribution in [0.25, 0.3) is 0 Å². The zero-order valence-corrected chi connectivity index (χ0v) is 11.0. The van der Waals surface area contributed by atoms with Gasteiger partial charge in [-0.05, 0) is 37.2 Å². The molecule has 0 amide bonds. The zero-order valence-electron chi connectivity index (χ0n) is 10.2. The molecule has 1 aromatic carbocycles. The van der Waals surface area contributed by atoms with Crippen molar-refractivity contribution in [2.24, 2.45) is 0 Å². The Morgan fingerprint density at radius 2 is 1.88 bits per heavy atom. The fourth-order valence-corrected chi connectivity index (χ4v) is 1.74. The Kier molecular flexibility index (Phi) is 7.01. The van der Waals surface area contributed by atoms with Gasteiger partial charge in [0.2, 0.25) is 0 Å². The van der Waals surface area contributed by atoms with Crippen molar-refractivity contribution in [3.8, 4) is 5.75 Å². The lowest BCUT2D eigenvalue weighted by Gasteiger charge is -2.20. The van der Waals surface area contributed by atoms with Gasteiger partial charge in [0.1, 0.15) is 12.4 Å². The van der Waals surface area contributed by atoms with E-state index in [0.717, 1.165) is 25.3 Å². The van der Waals surface area contributed by atoms with Crippen LogP contribution in [0, 0.1) is 0 Å². The van der Waals surface area contributed by atoms with E-state index in [1.807, 2.05) is 24.3 Å². The Morgan fingerprint density at radius 1 is 1.18 bits per heavy atom. The molecule has 4 heteroatoms. The van der Waals surface area contributed by atoms with E-state index in [1.165, 1.54) is 0 Å². The standard InChI is InChI=1S/C13H20ClNO2/c1-2-7-15(8-10-16)9-11-17-13-5-3-12(14)4-6-13/h3-6,16H,2,7-11H2,1H3. The van der Waals surface area contributed by atoms with Crippen LogP contribution in [-0.4, -0.2) is 42.9 Å². The van der Waals surface area contributed by atoms with Crippen LogP contribution in [0.4, 0.5) is 0 Å². The lowest BCUT2D eigenvalue weighted by molar-refractivity contribution is 0.168. The van der Waals surface area contributed by atoms with Gasteiger partial charge in [0.25, 0.3) is 0 Å². The Bertz CT molecular complexity index is 297. The molecule has 1 N–H and O–H groups in total. The summed E-state index contributed by atoms with van der Waals surface area (Å²) in [6.45, 7) is 5.48. The summed E-state index contributed by atoms with van der Waals surface area (Å²) >= 11 is 5.79. The van der Waals surface area contributed by atoms with Crippen LogP contribution in [0.3, 0.4) is 0 Å². The molecule has 0 radical (unpaired) electrons. The van der Waals surface area contributed by atoms with Gasteiger partial charge < -0.3 is 9.84 Å². The second kappa shape index (κ2) is 8.34. The van der Waals surface area contributed by atoms with Crippen molar-refractivity contribution in [1.82, 2.24) is 4.90 Å². The number of hydrogen-bond acceptors (Lipinski definition) is 3. The molecule has 0 aliphatic rings. The van der Waals surface area contributed by atoms with Gasteiger partial charge in [-0.25, -0.2) is 0 Å². The van der Waals surface area contributed by atoms with Crippen molar-refractivity contribution in [3.63, 3.8) is 0 Å². The molecule has 0 spiro atoms. The Morgan fingerprint density at radius 3 is 2.47 bits per heavy atom. The van der Waals surface area contributed by atoms with Crippen molar-refractivity contribution in [2.75, 3.05) is 32.8 Å². The minimum Gasteiger partial charge on any atom is -0.492 e. The summed E-state index contributed by atoms with van der Waals surface area (Å²) in [5.74, 6) is 0.829. The second-order valence-electron chi connectivity index (χ2n) is 3.87. The van der Waals surface area contributed by atoms with Crippen LogP contribution in [0.1, 0.15) is 13.3 Å². The fraction of sp³-hybridized carbons (Fsp3) is 0.538. The van der Waals surface area contributed by atoms with E-state index in [-0.39, 0.29) is 6.61 Å². The first-order chi connectivity index (χ1) is 8.26. The van der Waals surface area contributed by atoms with Gasteiger partial charge in [0.15, 0.2) is 0 Å². The minimum absolute atomic E-state index is 0.195. The number of benzene rings is 1. The third kappa shape index (κ3) is 5.91. The average Bonchev–Trinajstić information content (AvgIpc) is 2.32. The number of aliphatic hydroxyl groups excluding tert-OH is 1. The van der Waals surface area contributed by atoms with Gasteiger partial charge in [-0.2, -0.15) is 0 Å². The maximum absolute atomic E-state index is 8.91. The van der Waals surface area contributed by atoms with Gasteiger partial charge in [-0.1, -0.05) is 18.5 Å². The smallest absolute Gasteiger partial charge is 0.119 e. The van der Waals surface area contributed by atoms with Crippen LogP contribution in [-0.2, 0) is 0 Å². The quantitative estimate of drug-likeness (QED) is 0.776. The highest BCUT2D eigenvalue weighted by Crippen LogP contribution is 2.15. The van der Waals surface area contributed by atoms with E-state index in [9.17, 15) is 0 Å². The normalized spacial score (nSPS) is 10.8. The molecular formula is C13H20ClNO2. The third-order valence-corrected chi connectivity index (χ3v) is 2.70. The molecule has 0 unspecified atom stereocenters. The van der Waals surface area contributed by atoms with Gasteiger partial charge in [-0.15, -0.1) is 0 Å². The van der Waals surface area contributed by atoms with Crippen LogP contribution < -0.4 is 4.74 Å². The predicted octanol–water partition coefficient (Wildman–Crippen LogP) is 2.42. The van der Waals surface area contributed by atoms with Gasteiger partial charge in [0.05, 0.1) is 6.61 Å². The van der Waals surface area contributed by atoms with E-state index in [0.29, 0.717) is 18.2 Å². The Hall–Kier alpha value is -0.770. The molecule has 0 saturated carbocycles. The van der Waals surface area contributed by atoms with E-state index < -0.39 is 0 Å². The Balaban J connectivity index is 2.27. The topological polar surface area (TPSA) is 32.7 Å². The monoisotopic (exact) mass is 257 g/mol. The van der Waals surface area contributed by atoms with E-state index in [4.69, 9.17) is 21.4 Å². The molecule has 17 heavy (non-hydrogen) atoms. The first-order valence-electron chi connectivity index (χ1n) is 5.98. The number of rotatable bonds is 8. The maximum Gasteiger partial charge on any atom is 0.119 e. The molecule has 0 saturated heterocycles. The third-order valence-electron chi connectivity index (χ3n) is 2.45. The summed E-state index contributed by atoms with van der Waals surface area (Å²) in [5.41, 5.74) is 0. The summed E-state index contributed by atoms with van der Waals surface area (Å²) < 4.78 is 5.60. The molecule has 3 nitrogen and oxygen atoms in total. The van der Waals surface area contributed by atoms with Crippen molar-refractivity contribution in [2.45, 2.75) is 13.3 Å². The van der Waals surface area contributed by atoms with Crippen LogP contribution in [0.15, 0.2) is 24.3 Å². The molecule has 0 heterocycles. The van der Waals surface area contributed by atoms with Crippen LogP contribution in [0.5, 0.6) is 5.75 Å². The minimum atomic E-state index is 0.195. The van der Waals surface area contributed by atoms with E-state index in [2.05, 4.69) is 11.8 Å². The average molecular weight is 258 g/mol. The molecule has 96 valence electrons. The second-order valence-corrected chi connectivity index (χ2v) is 4.30. The fourth-order valence-electron chi connectivity index (χ4n) is 1.62. The van der Waals surface area contributed by atoms with Crippen molar-refractivity contribution in [3.05, 3.63) is 29.3 Å². The molecule has 0 aliphatic heterocycles. The number of nitrogens with zero attached hydrogens (tertiary/aromatic N) is 1. The zero-order chi connectivity index (χ0) is 12.5. The molecule has 0 fully saturated rings. The number of ether oxygens (including phenoxy) is 1. The number of hydrogen-bond donors (Lipinski definition) is 1. The highest BCUT2D eigenvalue weighted by molar-refractivity contribution is 6.30. The van der Waals surface area contributed by atoms with E-state index in [1.54, 1.807) is 0 Å². The van der Waals surface area contributed by atoms with Crippen molar-refractivity contribution >= 4 is 11.6 Å². The number of aliphatic hydroxyl groups is 1. The summed E-state index contributed by atoms with van der Waals surface area (Å²) in [4.78, 5) is 2.19. The summed E-state index contributed by atoms with van der Waals surface area (Å²) in [7, 11) is 0. The SMILES string of the molecule is CCCN(CCO)CCOc1ccc(Cl)cc1. The summed E-state index contributed by atoms with van der Waals surface area (Å²) in [6.07, 6.45) is 1.08. The molecule has 1 aromatic rings. The lowest BCUT2D eigenvalue weighted by Crippen LogP contribution is -2.31.